The first-order chi connectivity index (χ1) is 10.3. The molecule has 0 saturated carbocycles. The van der Waals surface area contributed by atoms with Crippen LogP contribution in [0.4, 0.5) is 5.69 Å². The summed E-state index contributed by atoms with van der Waals surface area (Å²) >= 11 is 0. The van der Waals surface area contributed by atoms with Crippen molar-refractivity contribution in [3.05, 3.63) is 29.3 Å². The lowest BCUT2D eigenvalue weighted by molar-refractivity contribution is -0.124. The Morgan fingerprint density at radius 2 is 1.68 bits per heavy atom. The number of amides is 1. The van der Waals surface area contributed by atoms with Crippen molar-refractivity contribution < 1.29 is 23.9 Å². The Morgan fingerprint density at radius 3 is 2.18 bits per heavy atom. The Kier molecular flexibility index (Phi) is 5.68. The van der Waals surface area contributed by atoms with Gasteiger partial charge >= 0.3 is 11.9 Å². The first kappa shape index (κ1) is 17.7. The van der Waals surface area contributed by atoms with Gasteiger partial charge in [-0.05, 0) is 24.6 Å². The van der Waals surface area contributed by atoms with E-state index < -0.39 is 17.4 Å². The Balaban J connectivity index is 3.25. The SMILES string of the molecule is CCC(C)(C)C(=O)Nc1cc(C(=O)OC)ccc1C(=O)OC. The number of carbonyl (C=O) groups excluding carboxylic acids is 3. The van der Waals surface area contributed by atoms with Crippen LogP contribution in [-0.2, 0) is 14.3 Å². The zero-order valence-corrected chi connectivity index (χ0v) is 13.5. The summed E-state index contributed by atoms with van der Waals surface area (Å²) in [4.78, 5) is 35.7. The third kappa shape index (κ3) is 3.84. The molecule has 0 fully saturated rings. The third-order valence-electron chi connectivity index (χ3n) is 3.59. The first-order valence-corrected chi connectivity index (χ1v) is 6.89. The van der Waals surface area contributed by atoms with Gasteiger partial charge in [-0.3, -0.25) is 4.79 Å². The molecule has 0 saturated heterocycles. The first-order valence-electron chi connectivity index (χ1n) is 6.89. The van der Waals surface area contributed by atoms with E-state index in [-0.39, 0.29) is 22.7 Å². The molecule has 0 unspecified atom stereocenters. The second-order valence-electron chi connectivity index (χ2n) is 5.44. The number of carbonyl (C=O) groups is 3. The molecule has 1 aromatic carbocycles. The number of benzene rings is 1. The van der Waals surface area contributed by atoms with E-state index in [1.54, 1.807) is 13.8 Å². The zero-order chi connectivity index (χ0) is 16.9. The highest BCUT2D eigenvalue weighted by Gasteiger charge is 2.27. The van der Waals surface area contributed by atoms with E-state index in [0.29, 0.717) is 6.42 Å². The number of methoxy groups -OCH3 is 2. The van der Waals surface area contributed by atoms with Crippen molar-refractivity contribution in [2.45, 2.75) is 27.2 Å². The van der Waals surface area contributed by atoms with Crippen LogP contribution >= 0.6 is 0 Å². The topological polar surface area (TPSA) is 81.7 Å². The number of ether oxygens (including phenoxy) is 2. The lowest BCUT2D eigenvalue weighted by Crippen LogP contribution is -2.30. The lowest BCUT2D eigenvalue weighted by atomic mass is 9.89. The van der Waals surface area contributed by atoms with E-state index in [4.69, 9.17) is 4.74 Å². The van der Waals surface area contributed by atoms with Crippen LogP contribution < -0.4 is 5.32 Å². The molecule has 1 rings (SSSR count). The quantitative estimate of drug-likeness (QED) is 0.846. The van der Waals surface area contributed by atoms with Crippen molar-refractivity contribution in [3.63, 3.8) is 0 Å². The summed E-state index contributed by atoms with van der Waals surface area (Å²) in [5, 5.41) is 2.69. The average molecular weight is 307 g/mol. The van der Waals surface area contributed by atoms with E-state index in [9.17, 15) is 14.4 Å². The summed E-state index contributed by atoms with van der Waals surface area (Å²) in [7, 11) is 2.51. The Labute approximate surface area is 129 Å². The molecule has 6 nitrogen and oxygen atoms in total. The number of esters is 2. The van der Waals surface area contributed by atoms with Crippen LogP contribution in [0.25, 0.3) is 0 Å². The summed E-state index contributed by atoms with van der Waals surface area (Å²) in [5.41, 5.74) is 0.0331. The van der Waals surface area contributed by atoms with E-state index in [2.05, 4.69) is 10.1 Å². The van der Waals surface area contributed by atoms with Crippen LogP contribution in [0.1, 0.15) is 47.9 Å². The molecule has 0 bridgehead atoms. The Hall–Kier alpha value is -2.37. The molecule has 120 valence electrons. The molecule has 6 heteroatoms. The molecular weight excluding hydrogens is 286 g/mol. The van der Waals surface area contributed by atoms with Gasteiger partial charge in [0, 0.05) is 5.41 Å². The molecule has 0 spiro atoms. The van der Waals surface area contributed by atoms with Crippen LogP contribution in [0.3, 0.4) is 0 Å². The minimum absolute atomic E-state index is 0.176. The van der Waals surface area contributed by atoms with E-state index in [1.807, 2.05) is 6.92 Å². The maximum Gasteiger partial charge on any atom is 0.339 e. The van der Waals surface area contributed by atoms with Crippen molar-refractivity contribution in [1.29, 1.82) is 0 Å². The molecule has 0 atom stereocenters. The molecule has 1 amide bonds. The monoisotopic (exact) mass is 307 g/mol. The van der Waals surface area contributed by atoms with Crippen molar-refractivity contribution in [3.8, 4) is 0 Å². The van der Waals surface area contributed by atoms with Crippen LogP contribution in [0, 0.1) is 5.41 Å². The lowest BCUT2D eigenvalue weighted by Gasteiger charge is -2.22. The molecule has 0 aliphatic carbocycles. The Bertz CT molecular complexity index is 592. The minimum Gasteiger partial charge on any atom is -0.465 e. The smallest absolute Gasteiger partial charge is 0.339 e. The number of hydrogen-bond acceptors (Lipinski definition) is 5. The molecule has 22 heavy (non-hydrogen) atoms. The van der Waals surface area contributed by atoms with Crippen molar-refractivity contribution in [1.82, 2.24) is 0 Å². The summed E-state index contributed by atoms with van der Waals surface area (Å²) in [6.45, 7) is 5.49. The van der Waals surface area contributed by atoms with Gasteiger partial charge in [0.1, 0.15) is 0 Å². The van der Waals surface area contributed by atoms with E-state index in [0.717, 1.165) is 0 Å². The van der Waals surface area contributed by atoms with Gasteiger partial charge in [0.2, 0.25) is 5.91 Å². The highest BCUT2D eigenvalue weighted by atomic mass is 16.5. The van der Waals surface area contributed by atoms with Gasteiger partial charge in [0.05, 0.1) is 31.0 Å². The average Bonchev–Trinajstić information content (AvgIpc) is 2.53. The van der Waals surface area contributed by atoms with Crippen LogP contribution in [-0.4, -0.2) is 32.1 Å². The molecule has 0 heterocycles. The fourth-order valence-corrected chi connectivity index (χ4v) is 1.63. The van der Waals surface area contributed by atoms with E-state index >= 15 is 0 Å². The second kappa shape index (κ2) is 7.06. The maximum atomic E-state index is 12.3. The number of rotatable bonds is 5. The number of anilines is 1. The molecule has 0 aliphatic heterocycles. The fourth-order valence-electron chi connectivity index (χ4n) is 1.63. The normalized spacial score (nSPS) is 10.8. The summed E-state index contributed by atoms with van der Waals surface area (Å²) < 4.78 is 9.33. The van der Waals surface area contributed by atoms with Gasteiger partial charge < -0.3 is 14.8 Å². The number of hydrogen-bond donors (Lipinski definition) is 1. The van der Waals surface area contributed by atoms with Crippen molar-refractivity contribution in [2.75, 3.05) is 19.5 Å². The molecule has 1 aromatic rings. The predicted molar refractivity (Wildman–Crippen MR) is 81.8 cm³/mol. The fraction of sp³-hybridized carbons (Fsp3) is 0.438. The summed E-state index contributed by atoms with van der Waals surface area (Å²) in [5.74, 6) is -1.40. The summed E-state index contributed by atoms with van der Waals surface area (Å²) in [6.07, 6.45) is 0.628. The van der Waals surface area contributed by atoms with Crippen LogP contribution in [0.2, 0.25) is 0 Å². The van der Waals surface area contributed by atoms with Gasteiger partial charge in [-0.15, -0.1) is 0 Å². The van der Waals surface area contributed by atoms with Gasteiger partial charge in [-0.25, -0.2) is 9.59 Å². The zero-order valence-electron chi connectivity index (χ0n) is 13.5. The van der Waals surface area contributed by atoms with Crippen molar-refractivity contribution >= 4 is 23.5 Å². The molecule has 1 N–H and O–H groups in total. The summed E-state index contributed by atoms with van der Waals surface area (Å²) in [6, 6.07) is 4.27. The van der Waals surface area contributed by atoms with Crippen LogP contribution in [0.5, 0.6) is 0 Å². The highest BCUT2D eigenvalue weighted by molar-refractivity contribution is 6.04. The third-order valence-corrected chi connectivity index (χ3v) is 3.59. The minimum atomic E-state index is -0.603. The van der Waals surface area contributed by atoms with Gasteiger partial charge in [0.25, 0.3) is 0 Å². The second-order valence-corrected chi connectivity index (χ2v) is 5.44. The van der Waals surface area contributed by atoms with E-state index in [1.165, 1.54) is 32.4 Å². The molecule has 0 aliphatic rings. The number of nitrogens with one attached hydrogen (secondary N) is 1. The Morgan fingerprint density at radius 1 is 1.09 bits per heavy atom. The predicted octanol–water partition coefficient (Wildman–Crippen LogP) is 2.63. The van der Waals surface area contributed by atoms with Gasteiger partial charge in [-0.2, -0.15) is 0 Å². The van der Waals surface area contributed by atoms with Gasteiger partial charge in [-0.1, -0.05) is 20.8 Å². The largest absolute Gasteiger partial charge is 0.465 e. The van der Waals surface area contributed by atoms with Crippen LogP contribution in [0.15, 0.2) is 18.2 Å². The highest BCUT2D eigenvalue weighted by Crippen LogP contribution is 2.25. The molecule has 0 aromatic heterocycles. The molecular formula is C16H21NO5. The maximum absolute atomic E-state index is 12.3. The van der Waals surface area contributed by atoms with Gasteiger partial charge in [0.15, 0.2) is 0 Å². The van der Waals surface area contributed by atoms with Crippen molar-refractivity contribution in [2.24, 2.45) is 5.41 Å². The molecule has 0 radical (unpaired) electrons. The standard InChI is InChI=1S/C16H21NO5/c1-6-16(2,3)15(20)17-12-9-10(13(18)21-4)7-8-11(12)14(19)22-5/h7-9H,6H2,1-5H3,(H,17,20).